The Morgan fingerprint density at radius 1 is 1.46 bits per heavy atom. The van der Waals surface area contributed by atoms with E-state index in [0.29, 0.717) is 18.3 Å². The average molecular weight is 244 g/mol. The van der Waals surface area contributed by atoms with Crippen LogP contribution in [0, 0.1) is 0 Å². The Kier molecular flexibility index (Phi) is 3.75. The van der Waals surface area contributed by atoms with Crippen LogP contribution in [0.5, 0.6) is 5.75 Å². The molecule has 0 radical (unpaired) electrons. The van der Waals surface area contributed by atoms with E-state index in [2.05, 4.69) is 35.1 Å². The summed E-state index contributed by atoms with van der Waals surface area (Å²) in [6.45, 7) is 4.85. The van der Waals surface area contributed by atoms with Gasteiger partial charge in [-0.2, -0.15) is 0 Å². The first-order valence-corrected chi connectivity index (χ1v) is 5.09. The van der Waals surface area contributed by atoms with Crippen molar-refractivity contribution in [1.82, 2.24) is 5.32 Å². The fourth-order valence-corrected chi connectivity index (χ4v) is 1.42. The molecule has 0 amide bonds. The van der Waals surface area contributed by atoms with Crippen LogP contribution in [0.2, 0.25) is 0 Å². The molecule has 13 heavy (non-hydrogen) atoms. The third-order valence-corrected chi connectivity index (χ3v) is 2.24. The normalized spacial score (nSPS) is 10.8. The summed E-state index contributed by atoms with van der Waals surface area (Å²) >= 11 is 3.36. The Morgan fingerprint density at radius 3 is 2.77 bits per heavy atom. The van der Waals surface area contributed by atoms with Gasteiger partial charge in [0.05, 0.1) is 0 Å². The van der Waals surface area contributed by atoms with Crippen molar-refractivity contribution in [3.63, 3.8) is 0 Å². The first-order chi connectivity index (χ1) is 6.09. The summed E-state index contributed by atoms with van der Waals surface area (Å²) in [4.78, 5) is 0. The van der Waals surface area contributed by atoms with Gasteiger partial charge < -0.3 is 10.4 Å². The number of rotatable bonds is 3. The highest BCUT2D eigenvalue weighted by molar-refractivity contribution is 9.10. The molecule has 0 heterocycles. The summed E-state index contributed by atoms with van der Waals surface area (Å²) in [5.41, 5.74) is 0.920. The minimum absolute atomic E-state index is 0.344. The van der Waals surface area contributed by atoms with Gasteiger partial charge in [-0.25, -0.2) is 0 Å². The van der Waals surface area contributed by atoms with Crippen LogP contribution in [-0.4, -0.2) is 11.1 Å². The summed E-state index contributed by atoms with van der Waals surface area (Å²) < 4.78 is 0.992. The summed E-state index contributed by atoms with van der Waals surface area (Å²) in [6, 6.07) is 5.87. The van der Waals surface area contributed by atoms with Crippen molar-refractivity contribution in [1.29, 1.82) is 0 Å². The lowest BCUT2D eigenvalue weighted by Crippen LogP contribution is -2.21. The van der Waals surface area contributed by atoms with Crippen molar-refractivity contribution >= 4 is 15.9 Å². The van der Waals surface area contributed by atoms with E-state index in [9.17, 15) is 5.11 Å². The maximum absolute atomic E-state index is 9.49. The van der Waals surface area contributed by atoms with Gasteiger partial charge >= 0.3 is 0 Å². The molecule has 1 aromatic rings. The van der Waals surface area contributed by atoms with Gasteiger partial charge in [0.2, 0.25) is 0 Å². The van der Waals surface area contributed by atoms with E-state index in [-0.39, 0.29) is 0 Å². The van der Waals surface area contributed by atoms with Crippen LogP contribution in [0.15, 0.2) is 22.7 Å². The van der Waals surface area contributed by atoms with Crippen molar-refractivity contribution in [3.05, 3.63) is 28.2 Å². The van der Waals surface area contributed by atoms with Gasteiger partial charge in [0.25, 0.3) is 0 Å². The predicted molar refractivity (Wildman–Crippen MR) is 57.8 cm³/mol. The van der Waals surface area contributed by atoms with E-state index >= 15 is 0 Å². The molecule has 2 nitrogen and oxygen atoms in total. The first-order valence-electron chi connectivity index (χ1n) is 4.30. The van der Waals surface area contributed by atoms with Crippen molar-refractivity contribution in [2.24, 2.45) is 0 Å². The second-order valence-corrected chi connectivity index (χ2v) is 4.22. The van der Waals surface area contributed by atoms with Gasteiger partial charge in [0.1, 0.15) is 5.75 Å². The Labute approximate surface area is 87.1 Å². The van der Waals surface area contributed by atoms with E-state index in [4.69, 9.17) is 0 Å². The fraction of sp³-hybridized carbons (Fsp3) is 0.400. The number of aromatic hydroxyl groups is 1. The molecule has 0 aromatic heterocycles. The molecular weight excluding hydrogens is 230 g/mol. The number of phenols is 1. The third-order valence-electron chi connectivity index (χ3n) is 1.74. The zero-order valence-electron chi connectivity index (χ0n) is 7.84. The van der Waals surface area contributed by atoms with Crippen LogP contribution < -0.4 is 5.32 Å². The van der Waals surface area contributed by atoms with Crippen LogP contribution in [0.3, 0.4) is 0 Å². The number of nitrogens with one attached hydrogen (secondary N) is 1. The summed E-state index contributed by atoms with van der Waals surface area (Å²) in [7, 11) is 0. The maximum Gasteiger partial charge on any atom is 0.120 e. The van der Waals surface area contributed by atoms with Crippen LogP contribution in [0.25, 0.3) is 0 Å². The van der Waals surface area contributed by atoms with E-state index in [1.807, 2.05) is 12.1 Å². The average Bonchev–Trinajstić information content (AvgIpc) is 2.06. The molecule has 3 heteroatoms. The largest absolute Gasteiger partial charge is 0.508 e. The van der Waals surface area contributed by atoms with Crippen LogP contribution in [-0.2, 0) is 6.54 Å². The highest BCUT2D eigenvalue weighted by Crippen LogP contribution is 2.21. The number of phenolic OH excluding ortho intramolecular Hbond substituents is 1. The van der Waals surface area contributed by atoms with E-state index < -0.39 is 0 Å². The van der Waals surface area contributed by atoms with Crippen LogP contribution >= 0.6 is 15.9 Å². The van der Waals surface area contributed by atoms with Gasteiger partial charge in [0, 0.05) is 22.6 Å². The molecule has 0 atom stereocenters. The molecule has 0 saturated heterocycles. The molecule has 0 bridgehead atoms. The molecule has 0 aliphatic carbocycles. The van der Waals surface area contributed by atoms with E-state index in [1.165, 1.54) is 0 Å². The van der Waals surface area contributed by atoms with Gasteiger partial charge in [-0.1, -0.05) is 29.8 Å². The molecule has 2 N–H and O–H groups in total. The molecule has 1 aromatic carbocycles. The maximum atomic E-state index is 9.49. The zero-order valence-corrected chi connectivity index (χ0v) is 9.43. The number of hydrogen-bond acceptors (Lipinski definition) is 2. The Morgan fingerprint density at radius 2 is 2.15 bits per heavy atom. The molecule has 72 valence electrons. The number of hydrogen-bond donors (Lipinski definition) is 2. The van der Waals surface area contributed by atoms with E-state index in [1.54, 1.807) is 6.07 Å². The van der Waals surface area contributed by atoms with Crippen molar-refractivity contribution in [3.8, 4) is 5.75 Å². The number of halogens is 1. The smallest absolute Gasteiger partial charge is 0.120 e. The van der Waals surface area contributed by atoms with Gasteiger partial charge in [-0.3, -0.25) is 0 Å². The molecule has 0 saturated carbocycles. The van der Waals surface area contributed by atoms with Gasteiger partial charge in [-0.05, 0) is 18.2 Å². The molecule has 0 aliphatic rings. The summed E-state index contributed by atoms with van der Waals surface area (Å²) in [6.07, 6.45) is 0. The Balaban J connectivity index is 2.70. The predicted octanol–water partition coefficient (Wildman–Crippen LogP) is 2.65. The van der Waals surface area contributed by atoms with Crippen molar-refractivity contribution < 1.29 is 5.11 Å². The van der Waals surface area contributed by atoms with Gasteiger partial charge in [0.15, 0.2) is 0 Å². The Hall–Kier alpha value is -0.540. The minimum Gasteiger partial charge on any atom is -0.508 e. The fourth-order valence-electron chi connectivity index (χ4n) is 1.01. The summed E-state index contributed by atoms with van der Waals surface area (Å²) in [5, 5.41) is 12.7. The standard InChI is InChI=1S/C10H14BrNO/c1-7(2)12-6-8-5-9(11)3-4-10(8)13/h3-5,7,12-13H,6H2,1-2H3. The van der Waals surface area contributed by atoms with Crippen LogP contribution in [0.4, 0.5) is 0 Å². The first kappa shape index (κ1) is 10.5. The molecular formula is C10H14BrNO. The van der Waals surface area contributed by atoms with Gasteiger partial charge in [-0.15, -0.1) is 0 Å². The van der Waals surface area contributed by atoms with Crippen molar-refractivity contribution in [2.45, 2.75) is 26.4 Å². The molecule has 0 fully saturated rings. The zero-order chi connectivity index (χ0) is 9.84. The quantitative estimate of drug-likeness (QED) is 0.856. The lowest BCUT2D eigenvalue weighted by Gasteiger charge is -2.09. The highest BCUT2D eigenvalue weighted by Gasteiger charge is 2.01. The molecule has 0 aliphatic heterocycles. The van der Waals surface area contributed by atoms with E-state index in [0.717, 1.165) is 10.0 Å². The molecule has 0 unspecified atom stereocenters. The molecule has 0 spiro atoms. The monoisotopic (exact) mass is 243 g/mol. The van der Waals surface area contributed by atoms with Crippen LogP contribution in [0.1, 0.15) is 19.4 Å². The lowest BCUT2D eigenvalue weighted by atomic mass is 10.2. The summed E-state index contributed by atoms with van der Waals surface area (Å²) in [5.74, 6) is 0.344. The second kappa shape index (κ2) is 4.63. The lowest BCUT2D eigenvalue weighted by molar-refractivity contribution is 0.461. The SMILES string of the molecule is CC(C)NCc1cc(Br)ccc1O. The minimum atomic E-state index is 0.344. The van der Waals surface area contributed by atoms with Crippen molar-refractivity contribution in [2.75, 3.05) is 0 Å². The Bertz CT molecular complexity index is 286. The second-order valence-electron chi connectivity index (χ2n) is 3.31. The topological polar surface area (TPSA) is 32.3 Å². The third kappa shape index (κ3) is 3.36. The highest BCUT2D eigenvalue weighted by atomic mass is 79.9. The number of benzene rings is 1. The molecule has 1 rings (SSSR count).